The van der Waals surface area contributed by atoms with Crippen molar-refractivity contribution in [2.24, 2.45) is 5.92 Å². The number of benzene rings is 3. The minimum Gasteiger partial charge on any atom is -0.497 e. The molecule has 12 nitrogen and oxygen atoms in total. The third kappa shape index (κ3) is 5.97. The van der Waals surface area contributed by atoms with Crippen LogP contribution in [0.5, 0.6) is 11.5 Å². The Labute approximate surface area is 302 Å². The molecule has 0 radical (unpaired) electrons. The molecule has 12 heteroatoms. The first-order chi connectivity index (χ1) is 25.3. The van der Waals surface area contributed by atoms with Crippen molar-refractivity contribution in [3.8, 4) is 22.9 Å². The van der Waals surface area contributed by atoms with Crippen LogP contribution in [0.1, 0.15) is 43.2 Å². The first-order valence-corrected chi connectivity index (χ1v) is 18.5. The first-order valence-electron chi connectivity index (χ1n) is 18.5. The van der Waals surface area contributed by atoms with Crippen LogP contribution >= 0.6 is 0 Å². The fourth-order valence-corrected chi connectivity index (χ4v) is 9.18. The fourth-order valence-electron chi connectivity index (χ4n) is 9.18. The maximum atomic E-state index is 13.0. The van der Waals surface area contributed by atoms with E-state index in [2.05, 4.69) is 60.2 Å². The Kier molecular flexibility index (Phi) is 8.38. The van der Waals surface area contributed by atoms with Crippen molar-refractivity contribution in [3.05, 3.63) is 76.1 Å². The Bertz CT molecular complexity index is 2080. The average molecular weight is 704 g/mol. The molecule has 10 rings (SSSR count). The van der Waals surface area contributed by atoms with Gasteiger partial charge in [0.25, 0.3) is 5.56 Å². The summed E-state index contributed by atoms with van der Waals surface area (Å²) < 4.78 is 10.8. The number of hydrogen-bond acceptors (Lipinski definition) is 10. The van der Waals surface area contributed by atoms with Gasteiger partial charge in [-0.15, -0.1) is 0 Å². The second kappa shape index (κ2) is 13.2. The van der Waals surface area contributed by atoms with E-state index >= 15 is 0 Å². The molecule has 3 aromatic carbocycles. The number of aromatic nitrogens is 2. The monoisotopic (exact) mass is 703 g/mol. The predicted molar refractivity (Wildman–Crippen MR) is 199 cm³/mol. The van der Waals surface area contributed by atoms with Crippen molar-refractivity contribution in [2.45, 2.75) is 63.3 Å². The molecular weight excluding hydrogens is 658 g/mol. The number of hydrogen-bond donors (Lipinski definition) is 2. The highest BCUT2D eigenvalue weighted by Gasteiger charge is 2.45. The molecule has 0 spiro atoms. The van der Waals surface area contributed by atoms with Crippen molar-refractivity contribution >= 4 is 34.1 Å². The number of imide groups is 1. The van der Waals surface area contributed by atoms with Gasteiger partial charge in [-0.1, -0.05) is 6.07 Å². The summed E-state index contributed by atoms with van der Waals surface area (Å²) in [7, 11) is 3.12. The van der Waals surface area contributed by atoms with Gasteiger partial charge in [0.05, 0.1) is 25.8 Å². The number of methoxy groups -OCH3 is 2. The van der Waals surface area contributed by atoms with Crippen LogP contribution in [0.15, 0.2) is 59.4 Å². The van der Waals surface area contributed by atoms with Gasteiger partial charge < -0.3 is 24.3 Å². The smallest absolute Gasteiger partial charge is 0.262 e. The summed E-state index contributed by atoms with van der Waals surface area (Å²) >= 11 is 0. The van der Waals surface area contributed by atoms with Crippen molar-refractivity contribution in [2.75, 3.05) is 56.7 Å². The summed E-state index contributed by atoms with van der Waals surface area (Å²) in [6.07, 6.45) is 4.66. The molecule has 5 saturated heterocycles. The third-order valence-corrected chi connectivity index (χ3v) is 12.1. The van der Waals surface area contributed by atoms with Crippen molar-refractivity contribution in [1.82, 2.24) is 25.1 Å². The Hall–Kier alpha value is -4.94. The van der Waals surface area contributed by atoms with E-state index in [1.54, 1.807) is 19.2 Å². The zero-order valence-corrected chi connectivity index (χ0v) is 29.8. The zero-order chi connectivity index (χ0) is 35.5. The topological polar surface area (TPSA) is 123 Å². The molecule has 5 fully saturated rings. The van der Waals surface area contributed by atoms with Crippen LogP contribution in [-0.4, -0.2) is 96.7 Å². The largest absolute Gasteiger partial charge is 0.497 e. The number of nitrogens with zero attached hydrogens (tertiary/aromatic N) is 5. The van der Waals surface area contributed by atoms with Crippen LogP contribution in [0.3, 0.4) is 0 Å². The molecule has 2 amide bonds. The first kappa shape index (κ1) is 32.9. The number of H-pyrrole nitrogens is 1. The van der Waals surface area contributed by atoms with Crippen LogP contribution in [-0.2, 0) is 22.7 Å². The molecule has 52 heavy (non-hydrogen) atoms. The number of piperazine rings is 1. The molecule has 1 aromatic heterocycles. The summed E-state index contributed by atoms with van der Waals surface area (Å²) in [6.45, 7) is 6.91. The van der Waals surface area contributed by atoms with E-state index in [1.165, 1.54) is 55.4 Å². The summed E-state index contributed by atoms with van der Waals surface area (Å²) in [5.41, 5.74) is 6.23. The Balaban J connectivity index is 0.781. The van der Waals surface area contributed by atoms with Crippen LogP contribution in [0.25, 0.3) is 22.3 Å². The molecule has 0 aliphatic carbocycles. The van der Waals surface area contributed by atoms with Gasteiger partial charge in [0.15, 0.2) is 0 Å². The fraction of sp³-hybridized carbons (Fsp3) is 0.450. The average Bonchev–Trinajstić information content (AvgIpc) is 3.60. The number of carbonyl (C=O) groups excluding carboxylic acids is 2. The highest BCUT2D eigenvalue weighted by molar-refractivity contribution is 6.00. The number of ether oxygens (including phenoxy) is 2. The van der Waals surface area contributed by atoms with Gasteiger partial charge in [-0.25, -0.2) is 4.98 Å². The molecular formula is C40H45N7O5. The number of amides is 2. The van der Waals surface area contributed by atoms with Crippen LogP contribution < -0.4 is 30.1 Å². The summed E-state index contributed by atoms with van der Waals surface area (Å²) in [5, 5.41) is 2.92. The minimum atomic E-state index is -0.243. The number of rotatable bonds is 8. The lowest BCUT2D eigenvalue weighted by atomic mass is 9.84. The second-order valence-electron chi connectivity index (χ2n) is 15.1. The van der Waals surface area contributed by atoms with Gasteiger partial charge in [-0.2, -0.15) is 0 Å². The molecule has 6 aliphatic heterocycles. The highest BCUT2D eigenvalue weighted by atomic mass is 16.5. The van der Waals surface area contributed by atoms with Crippen LogP contribution in [0.4, 0.5) is 11.4 Å². The van der Waals surface area contributed by atoms with E-state index in [1.807, 2.05) is 12.1 Å². The molecule has 6 aliphatic rings. The quantitative estimate of drug-likeness (QED) is 0.261. The van der Waals surface area contributed by atoms with Gasteiger partial charge in [-0.3, -0.25) is 29.5 Å². The molecule has 3 unspecified atom stereocenters. The minimum absolute atomic E-state index is 0.153. The van der Waals surface area contributed by atoms with Gasteiger partial charge in [0.2, 0.25) is 11.8 Å². The molecule has 270 valence electrons. The lowest BCUT2D eigenvalue weighted by Crippen LogP contribution is -2.69. The number of anilines is 2. The Morgan fingerprint density at radius 3 is 2.31 bits per heavy atom. The Morgan fingerprint density at radius 1 is 0.827 bits per heavy atom. The summed E-state index contributed by atoms with van der Waals surface area (Å²) in [4.78, 5) is 54.8. The van der Waals surface area contributed by atoms with Gasteiger partial charge in [0.1, 0.15) is 22.7 Å². The van der Waals surface area contributed by atoms with Gasteiger partial charge in [0, 0.05) is 93.4 Å². The van der Waals surface area contributed by atoms with Crippen molar-refractivity contribution in [1.29, 1.82) is 0 Å². The van der Waals surface area contributed by atoms with E-state index in [9.17, 15) is 14.4 Å². The van der Waals surface area contributed by atoms with E-state index in [-0.39, 0.29) is 23.4 Å². The van der Waals surface area contributed by atoms with Crippen molar-refractivity contribution < 1.29 is 19.1 Å². The van der Waals surface area contributed by atoms with E-state index in [4.69, 9.17) is 14.5 Å². The third-order valence-electron chi connectivity index (χ3n) is 12.1. The zero-order valence-electron chi connectivity index (χ0n) is 29.8. The SMILES string of the molecule is COc1cc(OC)c2c(=O)[nH]c(-c3ccc(N4CCC(CN5C6CC5CN(c5ccc7c(c5)CN(C5CCC(=O)NC5=O)C7)C6)CC4)cc3)nc2c1. The standard InChI is InChI=1S/C40H45N7O5/c1-51-32-17-33-37(35(18-32)52-2)40(50)43-38(41-33)25-3-6-28(7-4-25)44-13-11-24(12-14-44)19-47-30-16-31(47)23-45(22-30)29-8-5-26-20-46(21-27(26)15-29)34-9-10-36(48)42-39(34)49/h3-8,15,17-18,24,30-31,34H,9-14,16,19-23H2,1-2H3,(H,41,43,50)(H,42,48,49). The van der Waals surface area contributed by atoms with Crippen molar-refractivity contribution in [3.63, 3.8) is 0 Å². The summed E-state index contributed by atoms with van der Waals surface area (Å²) in [5.74, 6) is 1.93. The number of carbonyl (C=O) groups is 2. The second-order valence-corrected chi connectivity index (χ2v) is 15.1. The number of fused-ring (bicyclic) bond motifs is 4. The maximum absolute atomic E-state index is 13.0. The van der Waals surface area contributed by atoms with Gasteiger partial charge >= 0.3 is 0 Å². The maximum Gasteiger partial charge on any atom is 0.262 e. The highest BCUT2D eigenvalue weighted by Crippen LogP contribution is 2.39. The Morgan fingerprint density at radius 2 is 1.58 bits per heavy atom. The lowest BCUT2D eigenvalue weighted by molar-refractivity contribution is -0.137. The molecule has 7 heterocycles. The molecule has 3 atom stereocenters. The molecule has 0 saturated carbocycles. The molecule has 2 bridgehead atoms. The van der Waals surface area contributed by atoms with Crippen LogP contribution in [0, 0.1) is 5.92 Å². The number of aromatic amines is 1. The van der Waals surface area contributed by atoms with E-state index < -0.39 is 0 Å². The summed E-state index contributed by atoms with van der Waals surface area (Å²) in [6, 6.07) is 19.6. The van der Waals surface area contributed by atoms with E-state index in [0.29, 0.717) is 59.1 Å². The normalized spacial score (nSPS) is 23.8. The molecule has 2 N–H and O–H groups in total. The van der Waals surface area contributed by atoms with Crippen LogP contribution in [0.2, 0.25) is 0 Å². The van der Waals surface area contributed by atoms with Gasteiger partial charge in [-0.05, 0) is 79.1 Å². The lowest BCUT2D eigenvalue weighted by Gasteiger charge is -2.58. The number of piperidine rings is 3. The van der Waals surface area contributed by atoms with E-state index in [0.717, 1.165) is 44.8 Å². The molecule has 4 aromatic rings. The predicted octanol–water partition coefficient (Wildman–Crippen LogP) is 3.91. The number of nitrogens with one attached hydrogen (secondary N) is 2.